The predicted octanol–water partition coefficient (Wildman–Crippen LogP) is 0.700. The summed E-state index contributed by atoms with van der Waals surface area (Å²) in [7, 11) is 0. The SMILES string of the molecule is c1cc2c(cn1)NC[N]2. The maximum absolute atomic E-state index is 4.15. The monoisotopic (exact) mass is 120 g/mol. The van der Waals surface area contributed by atoms with E-state index in [9.17, 15) is 0 Å². The molecule has 0 aromatic carbocycles. The van der Waals surface area contributed by atoms with Gasteiger partial charge in [0.15, 0.2) is 0 Å². The van der Waals surface area contributed by atoms with Gasteiger partial charge in [0.2, 0.25) is 0 Å². The maximum atomic E-state index is 4.15. The summed E-state index contributed by atoms with van der Waals surface area (Å²) in [6.07, 6.45) is 3.53. The average molecular weight is 120 g/mol. The van der Waals surface area contributed by atoms with Gasteiger partial charge < -0.3 is 5.32 Å². The fourth-order valence-corrected chi connectivity index (χ4v) is 0.871. The molecule has 3 nitrogen and oxygen atoms in total. The summed E-state index contributed by atoms with van der Waals surface area (Å²) >= 11 is 0. The lowest BCUT2D eigenvalue weighted by Gasteiger charge is -1.91. The average Bonchev–Trinajstić information content (AvgIpc) is 2.33. The molecule has 3 heteroatoms. The molecule has 0 fully saturated rings. The number of fused-ring (bicyclic) bond motifs is 1. The van der Waals surface area contributed by atoms with Crippen LogP contribution in [0.1, 0.15) is 0 Å². The van der Waals surface area contributed by atoms with Crippen molar-refractivity contribution in [3.8, 4) is 0 Å². The Balaban J connectivity index is 2.54. The fraction of sp³-hybridized carbons (Fsp3) is 0.167. The largest absolute Gasteiger partial charge is 0.363 e. The molecular weight excluding hydrogens is 114 g/mol. The number of aromatic nitrogens is 1. The molecule has 2 heterocycles. The maximum Gasteiger partial charge on any atom is 0.108 e. The molecule has 0 unspecified atom stereocenters. The topological polar surface area (TPSA) is 39.0 Å². The first-order chi connectivity index (χ1) is 4.47. The van der Waals surface area contributed by atoms with Crippen LogP contribution in [0.25, 0.3) is 0 Å². The normalized spacial score (nSPS) is 13.8. The summed E-state index contributed by atoms with van der Waals surface area (Å²) < 4.78 is 0. The first-order valence-electron chi connectivity index (χ1n) is 2.82. The number of rotatable bonds is 0. The van der Waals surface area contributed by atoms with Crippen LogP contribution in [0.5, 0.6) is 0 Å². The minimum Gasteiger partial charge on any atom is -0.363 e. The number of hydrogen-bond acceptors (Lipinski definition) is 2. The van der Waals surface area contributed by atoms with Gasteiger partial charge >= 0.3 is 0 Å². The van der Waals surface area contributed by atoms with E-state index in [0.717, 1.165) is 11.4 Å². The number of hydrogen-bond donors (Lipinski definition) is 1. The quantitative estimate of drug-likeness (QED) is 0.547. The Morgan fingerprint density at radius 1 is 1.56 bits per heavy atom. The van der Waals surface area contributed by atoms with E-state index in [2.05, 4.69) is 15.6 Å². The van der Waals surface area contributed by atoms with Gasteiger partial charge in [0.25, 0.3) is 0 Å². The second kappa shape index (κ2) is 1.62. The summed E-state index contributed by atoms with van der Waals surface area (Å²) in [5.41, 5.74) is 2.06. The minimum atomic E-state index is 0.695. The summed E-state index contributed by atoms with van der Waals surface area (Å²) in [6, 6.07) is 1.90. The van der Waals surface area contributed by atoms with Crippen LogP contribution in [0.4, 0.5) is 11.4 Å². The molecule has 0 bridgehead atoms. The predicted molar refractivity (Wildman–Crippen MR) is 34.5 cm³/mol. The standard InChI is InChI=1S/C6H6N3/c1-2-7-3-6-5(1)8-4-9-6/h1-3,9H,4H2. The molecule has 45 valence electrons. The van der Waals surface area contributed by atoms with Crippen molar-refractivity contribution >= 4 is 11.4 Å². The van der Waals surface area contributed by atoms with Crippen LogP contribution in [-0.4, -0.2) is 11.7 Å². The third kappa shape index (κ3) is 0.614. The number of nitrogens with zero attached hydrogens (tertiary/aromatic N) is 2. The molecule has 1 radical (unpaired) electrons. The van der Waals surface area contributed by atoms with Crippen LogP contribution in [0.3, 0.4) is 0 Å². The molecule has 0 aliphatic carbocycles. The Bertz CT molecular complexity index is 198. The van der Waals surface area contributed by atoms with Crippen molar-refractivity contribution in [1.29, 1.82) is 0 Å². The minimum absolute atomic E-state index is 0.695. The lowest BCUT2D eigenvalue weighted by molar-refractivity contribution is 0.983. The van der Waals surface area contributed by atoms with Crippen LogP contribution < -0.4 is 10.6 Å². The summed E-state index contributed by atoms with van der Waals surface area (Å²) in [6.45, 7) is 0.695. The van der Waals surface area contributed by atoms with Gasteiger partial charge in [-0.3, -0.25) is 10.3 Å². The molecule has 2 rings (SSSR count). The first kappa shape index (κ1) is 4.61. The molecule has 1 aromatic rings. The molecule has 1 aromatic heterocycles. The molecule has 1 aliphatic rings. The van der Waals surface area contributed by atoms with E-state index in [4.69, 9.17) is 0 Å². The summed E-state index contributed by atoms with van der Waals surface area (Å²) in [5, 5.41) is 7.22. The Labute approximate surface area is 53.1 Å². The molecule has 0 saturated heterocycles. The summed E-state index contributed by atoms with van der Waals surface area (Å²) in [5.74, 6) is 0. The Kier molecular flexibility index (Phi) is 0.828. The molecule has 1 N–H and O–H groups in total. The van der Waals surface area contributed by atoms with E-state index < -0.39 is 0 Å². The van der Waals surface area contributed by atoms with Gasteiger partial charge in [-0.15, -0.1) is 0 Å². The van der Waals surface area contributed by atoms with Crippen molar-refractivity contribution in [3.63, 3.8) is 0 Å². The fourth-order valence-electron chi connectivity index (χ4n) is 0.871. The Morgan fingerprint density at radius 3 is 3.44 bits per heavy atom. The Morgan fingerprint density at radius 2 is 2.56 bits per heavy atom. The van der Waals surface area contributed by atoms with E-state index in [1.807, 2.05) is 6.07 Å². The lowest BCUT2D eigenvalue weighted by atomic mass is 10.4. The van der Waals surface area contributed by atoms with Gasteiger partial charge in [-0.05, 0) is 6.07 Å². The molecule has 0 amide bonds. The molecule has 0 saturated carbocycles. The van der Waals surface area contributed by atoms with Crippen molar-refractivity contribution in [2.45, 2.75) is 0 Å². The van der Waals surface area contributed by atoms with Crippen LogP contribution >= 0.6 is 0 Å². The molecule has 0 spiro atoms. The van der Waals surface area contributed by atoms with Crippen LogP contribution in [0.15, 0.2) is 18.5 Å². The van der Waals surface area contributed by atoms with Gasteiger partial charge in [-0.2, -0.15) is 0 Å². The Hall–Kier alpha value is -1.25. The van der Waals surface area contributed by atoms with Gasteiger partial charge in [0.1, 0.15) is 6.67 Å². The van der Waals surface area contributed by atoms with Crippen molar-refractivity contribution in [2.24, 2.45) is 0 Å². The smallest absolute Gasteiger partial charge is 0.108 e. The van der Waals surface area contributed by atoms with Gasteiger partial charge in [-0.1, -0.05) is 0 Å². The molecule has 9 heavy (non-hydrogen) atoms. The van der Waals surface area contributed by atoms with Crippen molar-refractivity contribution in [1.82, 2.24) is 10.3 Å². The molecule has 0 atom stereocenters. The second-order valence-corrected chi connectivity index (χ2v) is 1.89. The zero-order valence-electron chi connectivity index (χ0n) is 4.83. The van der Waals surface area contributed by atoms with Crippen LogP contribution in [0, 0.1) is 0 Å². The van der Waals surface area contributed by atoms with E-state index in [1.165, 1.54) is 0 Å². The van der Waals surface area contributed by atoms with Crippen LogP contribution in [-0.2, 0) is 0 Å². The van der Waals surface area contributed by atoms with E-state index in [0.29, 0.717) is 6.67 Å². The number of anilines is 1. The van der Waals surface area contributed by atoms with E-state index in [1.54, 1.807) is 12.4 Å². The summed E-state index contributed by atoms with van der Waals surface area (Å²) in [4.78, 5) is 3.93. The third-order valence-electron chi connectivity index (χ3n) is 1.32. The van der Waals surface area contributed by atoms with E-state index in [-0.39, 0.29) is 0 Å². The highest BCUT2D eigenvalue weighted by atomic mass is 15.1. The first-order valence-corrected chi connectivity index (χ1v) is 2.82. The van der Waals surface area contributed by atoms with Gasteiger partial charge in [-0.25, -0.2) is 0 Å². The zero-order valence-corrected chi connectivity index (χ0v) is 4.83. The van der Waals surface area contributed by atoms with Crippen LogP contribution in [0.2, 0.25) is 0 Å². The number of nitrogens with one attached hydrogen (secondary N) is 1. The van der Waals surface area contributed by atoms with Crippen molar-refractivity contribution in [3.05, 3.63) is 18.5 Å². The third-order valence-corrected chi connectivity index (χ3v) is 1.32. The lowest BCUT2D eigenvalue weighted by Crippen LogP contribution is -1.97. The van der Waals surface area contributed by atoms with Gasteiger partial charge in [0.05, 0.1) is 17.6 Å². The highest BCUT2D eigenvalue weighted by Crippen LogP contribution is 2.22. The van der Waals surface area contributed by atoms with Crippen molar-refractivity contribution < 1.29 is 0 Å². The highest BCUT2D eigenvalue weighted by molar-refractivity contribution is 5.66. The zero-order chi connectivity index (χ0) is 6.10. The second-order valence-electron chi connectivity index (χ2n) is 1.89. The van der Waals surface area contributed by atoms with Gasteiger partial charge in [0, 0.05) is 6.20 Å². The number of pyridine rings is 1. The van der Waals surface area contributed by atoms with Crippen molar-refractivity contribution in [2.75, 3.05) is 12.0 Å². The molecular formula is C6H6N3. The molecule has 1 aliphatic heterocycles. The highest BCUT2D eigenvalue weighted by Gasteiger charge is 2.07. The van der Waals surface area contributed by atoms with E-state index >= 15 is 0 Å².